The van der Waals surface area contributed by atoms with Crippen LogP contribution in [0.1, 0.15) is 10.4 Å². The zero-order chi connectivity index (χ0) is 20.7. The smallest absolute Gasteiger partial charge is 0.276 e. The van der Waals surface area contributed by atoms with Crippen molar-refractivity contribution in [2.24, 2.45) is 0 Å². The van der Waals surface area contributed by atoms with Crippen LogP contribution in [0.5, 0.6) is 11.5 Å². The molecule has 2 aromatic rings. The molecule has 0 aliphatic carbocycles. The molecule has 0 unspecified atom stereocenters. The van der Waals surface area contributed by atoms with E-state index in [4.69, 9.17) is 9.47 Å². The van der Waals surface area contributed by atoms with Crippen molar-refractivity contribution in [2.75, 3.05) is 27.8 Å². The standard InChI is InChI=1S/C18H21N3O6S/c1-21(2)28(24,25)16-6-4-5-13(11-16)18(23)20-19-17(22)12-27-15-9-7-14(26-3)8-10-15/h4-11H,12H2,1-3H3,(H,19,22)(H,20,23). The number of carbonyl (C=O) groups is 2. The van der Waals surface area contributed by atoms with Gasteiger partial charge in [0.15, 0.2) is 6.61 Å². The molecule has 0 bridgehead atoms. The van der Waals surface area contributed by atoms with Gasteiger partial charge in [0, 0.05) is 19.7 Å². The van der Waals surface area contributed by atoms with Gasteiger partial charge in [-0.2, -0.15) is 0 Å². The highest BCUT2D eigenvalue weighted by Crippen LogP contribution is 2.17. The second-order valence-corrected chi connectivity index (χ2v) is 7.93. The SMILES string of the molecule is COc1ccc(OCC(=O)NNC(=O)c2cccc(S(=O)(=O)N(C)C)c2)cc1. The van der Waals surface area contributed by atoms with Crippen molar-refractivity contribution in [2.45, 2.75) is 4.90 Å². The zero-order valence-corrected chi connectivity index (χ0v) is 16.4. The van der Waals surface area contributed by atoms with Crippen LogP contribution >= 0.6 is 0 Å². The van der Waals surface area contributed by atoms with Crippen molar-refractivity contribution in [3.8, 4) is 11.5 Å². The van der Waals surface area contributed by atoms with Gasteiger partial charge in [0.25, 0.3) is 11.8 Å². The Hall–Kier alpha value is -3.11. The number of hydrazine groups is 1. The summed E-state index contributed by atoms with van der Waals surface area (Å²) in [6, 6.07) is 12.1. The second kappa shape index (κ2) is 9.20. The molecule has 0 radical (unpaired) electrons. The van der Waals surface area contributed by atoms with E-state index in [9.17, 15) is 18.0 Å². The van der Waals surface area contributed by atoms with E-state index in [1.54, 1.807) is 24.3 Å². The fraction of sp³-hybridized carbons (Fsp3) is 0.222. The summed E-state index contributed by atoms with van der Waals surface area (Å²) in [6.45, 7) is -0.318. The van der Waals surface area contributed by atoms with Crippen molar-refractivity contribution >= 4 is 21.8 Å². The number of carbonyl (C=O) groups excluding carboxylic acids is 2. The summed E-state index contributed by atoms with van der Waals surface area (Å²) in [5.41, 5.74) is 4.50. The van der Waals surface area contributed by atoms with Gasteiger partial charge in [-0.25, -0.2) is 12.7 Å². The van der Waals surface area contributed by atoms with Crippen LogP contribution in [0.3, 0.4) is 0 Å². The molecule has 0 fully saturated rings. The van der Waals surface area contributed by atoms with Gasteiger partial charge in [-0.15, -0.1) is 0 Å². The lowest BCUT2D eigenvalue weighted by Crippen LogP contribution is -2.43. The minimum Gasteiger partial charge on any atom is -0.497 e. The number of nitrogens with one attached hydrogen (secondary N) is 2. The number of benzene rings is 2. The second-order valence-electron chi connectivity index (χ2n) is 5.78. The first kappa shape index (κ1) is 21.2. The van der Waals surface area contributed by atoms with Crippen molar-refractivity contribution < 1.29 is 27.5 Å². The number of hydrogen-bond acceptors (Lipinski definition) is 6. The van der Waals surface area contributed by atoms with Crippen LogP contribution < -0.4 is 20.3 Å². The largest absolute Gasteiger partial charge is 0.497 e. The van der Waals surface area contributed by atoms with Crippen molar-refractivity contribution in [1.82, 2.24) is 15.2 Å². The average Bonchev–Trinajstić information content (AvgIpc) is 2.70. The summed E-state index contributed by atoms with van der Waals surface area (Å²) in [7, 11) is 0.656. The van der Waals surface area contributed by atoms with Gasteiger partial charge in [-0.3, -0.25) is 20.4 Å². The molecule has 0 atom stereocenters. The van der Waals surface area contributed by atoms with Gasteiger partial charge in [-0.1, -0.05) is 6.07 Å². The molecular weight excluding hydrogens is 386 g/mol. The molecule has 0 aliphatic rings. The molecule has 28 heavy (non-hydrogen) atoms. The van der Waals surface area contributed by atoms with E-state index in [2.05, 4.69) is 10.9 Å². The predicted octanol–water partition coefficient (Wildman–Crippen LogP) is 0.785. The number of rotatable bonds is 7. The first-order chi connectivity index (χ1) is 13.2. The highest BCUT2D eigenvalue weighted by atomic mass is 32.2. The van der Waals surface area contributed by atoms with E-state index in [1.165, 1.54) is 45.5 Å². The molecule has 2 N–H and O–H groups in total. The van der Waals surface area contributed by atoms with Crippen molar-refractivity contribution in [3.05, 3.63) is 54.1 Å². The Labute approximate surface area is 163 Å². The molecule has 10 heteroatoms. The molecule has 0 aliphatic heterocycles. The van der Waals surface area contributed by atoms with Crippen LogP contribution in [-0.4, -0.2) is 52.3 Å². The maximum Gasteiger partial charge on any atom is 0.276 e. The number of hydrogen-bond donors (Lipinski definition) is 2. The van der Waals surface area contributed by atoms with Gasteiger partial charge in [-0.05, 0) is 42.5 Å². The Bertz CT molecular complexity index is 942. The van der Waals surface area contributed by atoms with E-state index in [0.717, 1.165) is 4.31 Å². The first-order valence-corrected chi connectivity index (χ1v) is 9.56. The molecule has 2 amide bonds. The van der Waals surface area contributed by atoms with Crippen LogP contribution in [-0.2, 0) is 14.8 Å². The molecule has 0 spiro atoms. The highest BCUT2D eigenvalue weighted by molar-refractivity contribution is 7.89. The van der Waals surface area contributed by atoms with Crippen molar-refractivity contribution in [1.29, 1.82) is 0 Å². The Kier molecular flexibility index (Phi) is 6.96. The molecular formula is C18H21N3O6S. The third-order valence-electron chi connectivity index (χ3n) is 3.62. The lowest BCUT2D eigenvalue weighted by molar-refractivity contribution is -0.123. The monoisotopic (exact) mass is 407 g/mol. The van der Waals surface area contributed by atoms with Crippen LogP contribution in [0.2, 0.25) is 0 Å². The van der Waals surface area contributed by atoms with Gasteiger partial charge in [0.1, 0.15) is 11.5 Å². The van der Waals surface area contributed by atoms with Crippen LogP contribution in [0, 0.1) is 0 Å². The predicted molar refractivity (Wildman–Crippen MR) is 101 cm³/mol. The quantitative estimate of drug-likeness (QED) is 0.656. The van der Waals surface area contributed by atoms with Gasteiger partial charge in [0.05, 0.1) is 12.0 Å². The molecule has 0 aromatic heterocycles. The normalized spacial score (nSPS) is 11.0. The van der Waals surface area contributed by atoms with E-state index in [1.807, 2.05) is 0 Å². The van der Waals surface area contributed by atoms with Gasteiger partial charge >= 0.3 is 0 Å². The summed E-state index contributed by atoms with van der Waals surface area (Å²) in [6.07, 6.45) is 0. The minimum absolute atomic E-state index is 0.0284. The molecule has 2 aromatic carbocycles. The number of ether oxygens (including phenoxy) is 2. The third kappa shape index (κ3) is 5.44. The fourth-order valence-electron chi connectivity index (χ4n) is 2.06. The molecule has 0 saturated heterocycles. The minimum atomic E-state index is -3.67. The van der Waals surface area contributed by atoms with Gasteiger partial charge < -0.3 is 9.47 Å². The zero-order valence-electron chi connectivity index (χ0n) is 15.6. The van der Waals surface area contributed by atoms with Gasteiger partial charge in [0.2, 0.25) is 10.0 Å². The molecule has 0 saturated carbocycles. The topological polar surface area (TPSA) is 114 Å². The highest BCUT2D eigenvalue weighted by Gasteiger charge is 2.18. The fourth-order valence-corrected chi connectivity index (χ4v) is 3.01. The molecule has 150 valence electrons. The Morgan fingerprint density at radius 2 is 1.64 bits per heavy atom. The van der Waals surface area contributed by atoms with Crippen LogP contribution in [0.25, 0.3) is 0 Å². The number of amides is 2. The third-order valence-corrected chi connectivity index (χ3v) is 5.43. The van der Waals surface area contributed by atoms with E-state index in [0.29, 0.717) is 11.5 Å². The Balaban J connectivity index is 1.90. The number of nitrogens with zero attached hydrogens (tertiary/aromatic N) is 1. The van der Waals surface area contributed by atoms with E-state index < -0.39 is 21.8 Å². The summed E-state index contributed by atoms with van der Waals surface area (Å²) in [4.78, 5) is 23.9. The molecule has 0 heterocycles. The summed E-state index contributed by atoms with van der Waals surface area (Å²) >= 11 is 0. The molecule has 2 rings (SSSR count). The van der Waals surface area contributed by atoms with E-state index >= 15 is 0 Å². The average molecular weight is 407 g/mol. The lowest BCUT2D eigenvalue weighted by atomic mass is 10.2. The maximum absolute atomic E-state index is 12.2. The Morgan fingerprint density at radius 1 is 1.00 bits per heavy atom. The summed E-state index contributed by atoms with van der Waals surface area (Å²) in [5, 5.41) is 0. The number of sulfonamides is 1. The number of methoxy groups -OCH3 is 1. The van der Waals surface area contributed by atoms with Crippen LogP contribution in [0.15, 0.2) is 53.4 Å². The maximum atomic E-state index is 12.2. The molecule has 9 nitrogen and oxygen atoms in total. The Morgan fingerprint density at radius 3 is 2.25 bits per heavy atom. The first-order valence-electron chi connectivity index (χ1n) is 8.12. The summed E-state index contributed by atoms with van der Waals surface area (Å²) in [5.74, 6) is -0.124. The van der Waals surface area contributed by atoms with Crippen LogP contribution in [0.4, 0.5) is 0 Å². The van der Waals surface area contributed by atoms with Crippen molar-refractivity contribution in [3.63, 3.8) is 0 Å². The summed E-state index contributed by atoms with van der Waals surface area (Å²) < 4.78 is 35.6. The lowest BCUT2D eigenvalue weighted by Gasteiger charge is -2.12. The van der Waals surface area contributed by atoms with E-state index in [-0.39, 0.29) is 17.1 Å².